The van der Waals surface area contributed by atoms with Crippen molar-refractivity contribution in [3.05, 3.63) is 54.1 Å². The summed E-state index contributed by atoms with van der Waals surface area (Å²) in [6, 6.07) is 14.4. The van der Waals surface area contributed by atoms with Crippen molar-refractivity contribution >= 4 is 26.8 Å². The molecule has 0 atom stereocenters. The zero-order valence-electron chi connectivity index (χ0n) is 18.3. The number of fused-ring (bicyclic) bond motifs is 1. The SMILES string of the molecule is CCCCCCCC/C(Cn1nnc2ccccc21)=N\NS(=O)(=O)c1ccc(C)cc1. The van der Waals surface area contributed by atoms with Crippen LogP contribution in [0.3, 0.4) is 0 Å². The van der Waals surface area contributed by atoms with Gasteiger partial charge in [-0.25, -0.2) is 9.51 Å². The van der Waals surface area contributed by atoms with E-state index in [0.717, 1.165) is 35.2 Å². The molecule has 3 aromatic rings. The first kappa shape index (κ1) is 22.9. The lowest BCUT2D eigenvalue weighted by atomic mass is 10.1. The highest BCUT2D eigenvalue weighted by atomic mass is 32.2. The van der Waals surface area contributed by atoms with Crippen LogP contribution in [0.4, 0.5) is 0 Å². The van der Waals surface area contributed by atoms with Gasteiger partial charge in [0.15, 0.2) is 0 Å². The maximum Gasteiger partial charge on any atom is 0.276 e. The zero-order chi connectivity index (χ0) is 22.1. The van der Waals surface area contributed by atoms with Gasteiger partial charge >= 0.3 is 0 Å². The highest BCUT2D eigenvalue weighted by molar-refractivity contribution is 7.89. The summed E-state index contributed by atoms with van der Waals surface area (Å²) in [5, 5.41) is 12.7. The lowest BCUT2D eigenvalue weighted by molar-refractivity contribution is 0.582. The molecule has 1 N–H and O–H groups in total. The van der Waals surface area contributed by atoms with Gasteiger partial charge < -0.3 is 0 Å². The van der Waals surface area contributed by atoms with Crippen molar-refractivity contribution in [2.45, 2.75) is 70.2 Å². The van der Waals surface area contributed by atoms with Crippen molar-refractivity contribution in [1.82, 2.24) is 19.8 Å². The number of rotatable bonds is 12. The summed E-state index contributed by atoms with van der Waals surface area (Å²) >= 11 is 0. The topological polar surface area (TPSA) is 89.2 Å². The number of unbranched alkanes of at least 4 members (excludes halogenated alkanes) is 5. The van der Waals surface area contributed by atoms with Crippen LogP contribution in [0.25, 0.3) is 11.0 Å². The van der Waals surface area contributed by atoms with Gasteiger partial charge in [0.05, 0.1) is 22.7 Å². The van der Waals surface area contributed by atoms with Crippen LogP contribution in [-0.2, 0) is 16.6 Å². The van der Waals surface area contributed by atoms with Gasteiger partial charge in [-0.2, -0.15) is 13.5 Å². The zero-order valence-corrected chi connectivity index (χ0v) is 19.1. The van der Waals surface area contributed by atoms with Gasteiger partial charge in [-0.1, -0.05) is 74.1 Å². The van der Waals surface area contributed by atoms with Crippen LogP contribution in [0.15, 0.2) is 58.5 Å². The summed E-state index contributed by atoms with van der Waals surface area (Å²) in [6.07, 6.45) is 7.65. The fourth-order valence-corrected chi connectivity index (χ4v) is 4.23. The van der Waals surface area contributed by atoms with Crippen LogP contribution in [0.2, 0.25) is 0 Å². The van der Waals surface area contributed by atoms with E-state index in [-0.39, 0.29) is 4.90 Å². The van der Waals surface area contributed by atoms with E-state index in [9.17, 15) is 8.42 Å². The van der Waals surface area contributed by atoms with Gasteiger partial charge in [-0.15, -0.1) is 5.10 Å². The Morgan fingerprint density at radius 2 is 1.71 bits per heavy atom. The molecule has 0 amide bonds. The molecule has 3 rings (SSSR count). The standard InChI is InChI=1S/C23H31N5O2S/c1-3-4-5-6-7-8-11-20(18-28-23-13-10-9-12-22(23)25-26-28)24-27-31(29,30)21-16-14-19(2)15-17-21/h9-10,12-17,27H,3-8,11,18H2,1-2H3/b24-20+. The van der Waals surface area contributed by atoms with Gasteiger partial charge in [-0.3, -0.25) is 0 Å². The first-order valence-electron chi connectivity index (χ1n) is 10.9. The lowest BCUT2D eigenvalue weighted by Gasteiger charge is -2.10. The molecule has 0 aliphatic heterocycles. The number of benzene rings is 2. The number of hydrogen-bond donors (Lipinski definition) is 1. The number of sulfonamides is 1. The molecule has 0 aliphatic carbocycles. The predicted molar refractivity (Wildman–Crippen MR) is 124 cm³/mol. The van der Waals surface area contributed by atoms with E-state index in [1.807, 2.05) is 31.2 Å². The molecule has 0 saturated heterocycles. The fraction of sp³-hybridized carbons (Fsp3) is 0.435. The number of hydrogen-bond acceptors (Lipinski definition) is 5. The highest BCUT2D eigenvalue weighted by Gasteiger charge is 2.14. The molecule has 1 aromatic heterocycles. The minimum atomic E-state index is -3.72. The Kier molecular flexibility index (Phi) is 8.17. The third kappa shape index (κ3) is 6.62. The molecule has 1 heterocycles. The maximum absolute atomic E-state index is 12.7. The highest BCUT2D eigenvalue weighted by Crippen LogP contribution is 2.13. The molecule has 0 spiro atoms. The van der Waals surface area contributed by atoms with Crippen molar-refractivity contribution in [2.75, 3.05) is 0 Å². The predicted octanol–water partition coefficient (Wildman–Crippen LogP) is 4.82. The van der Waals surface area contributed by atoms with Crippen LogP contribution >= 0.6 is 0 Å². The molecule has 8 heteroatoms. The number of aromatic nitrogens is 3. The molecule has 0 unspecified atom stereocenters. The monoisotopic (exact) mass is 441 g/mol. The number of aryl methyl sites for hydroxylation is 1. The number of hydrazone groups is 1. The van der Waals surface area contributed by atoms with Gasteiger partial charge in [0, 0.05) is 0 Å². The summed E-state index contributed by atoms with van der Waals surface area (Å²) in [4.78, 5) is 2.62. The molecule has 0 radical (unpaired) electrons. The molecule has 2 aromatic carbocycles. The summed E-state index contributed by atoms with van der Waals surface area (Å²) < 4.78 is 27.1. The Morgan fingerprint density at radius 3 is 2.48 bits per heavy atom. The Bertz CT molecular complexity index is 1100. The minimum Gasteiger partial charge on any atom is -0.239 e. The largest absolute Gasteiger partial charge is 0.276 e. The third-order valence-electron chi connectivity index (χ3n) is 5.23. The second kappa shape index (κ2) is 11.0. The van der Waals surface area contributed by atoms with E-state index < -0.39 is 10.0 Å². The van der Waals surface area contributed by atoms with E-state index in [1.54, 1.807) is 28.9 Å². The molecule has 0 bridgehead atoms. The van der Waals surface area contributed by atoms with Crippen LogP contribution in [0, 0.1) is 6.92 Å². The van der Waals surface area contributed by atoms with Gasteiger partial charge in [-0.05, 0) is 44.0 Å². The molecule has 0 fully saturated rings. The van der Waals surface area contributed by atoms with Crippen LogP contribution in [0.1, 0.15) is 57.4 Å². The van der Waals surface area contributed by atoms with Crippen LogP contribution in [-0.4, -0.2) is 29.1 Å². The first-order chi connectivity index (χ1) is 15.0. The number of nitrogens with zero attached hydrogens (tertiary/aromatic N) is 4. The fourth-order valence-electron chi connectivity index (χ4n) is 3.38. The van der Waals surface area contributed by atoms with E-state index >= 15 is 0 Å². The average Bonchev–Trinajstić information content (AvgIpc) is 3.17. The van der Waals surface area contributed by atoms with Crippen LogP contribution < -0.4 is 4.83 Å². The van der Waals surface area contributed by atoms with Crippen molar-refractivity contribution < 1.29 is 8.42 Å². The lowest BCUT2D eigenvalue weighted by Crippen LogP contribution is -2.22. The van der Waals surface area contributed by atoms with Crippen LogP contribution in [0.5, 0.6) is 0 Å². The summed E-state index contributed by atoms with van der Waals surface area (Å²) in [5.74, 6) is 0. The van der Waals surface area contributed by atoms with E-state index in [4.69, 9.17) is 0 Å². The van der Waals surface area contributed by atoms with Gasteiger partial charge in [0.25, 0.3) is 10.0 Å². The molecule has 166 valence electrons. The minimum absolute atomic E-state index is 0.201. The third-order valence-corrected chi connectivity index (χ3v) is 6.45. The number of nitrogens with one attached hydrogen (secondary N) is 1. The molecular formula is C23H31N5O2S. The summed E-state index contributed by atoms with van der Waals surface area (Å²) in [7, 11) is -3.72. The summed E-state index contributed by atoms with van der Waals surface area (Å²) in [5.41, 5.74) is 3.45. The number of para-hydroxylation sites is 1. The molecule has 0 aliphatic rings. The Morgan fingerprint density at radius 1 is 1.00 bits per heavy atom. The Balaban J connectivity index is 1.73. The van der Waals surface area contributed by atoms with Crippen molar-refractivity contribution in [1.29, 1.82) is 0 Å². The van der Waals surface area contributed by atoms with Crippen molar-refractivity contribution in [3.63, 3.8) is 0 Å². The maximum atomic E-state index is 12.7. The van der Waals surface area contributed by atoms with E-state index in [0.29, 0.717) is 13.0 Å². The molecule has 31 heavy (non-hydrogen) atoms. The smallest absolute Gasteiger partial charge is 0.239 e. The Labute approximate surface area is 184 Å². The van der Waals surface area contributed by atoms with Gasteiger partial charge in [0.2, 0.25) is 0 Å². The van der Waals surface area contributed by atoms with E-state index in [2.05, 4.69) is 27.2 Å². The normalized spacial score (nSPS) is 12.4. The Hall–Kier alpha value is -2.74. The van der Waals surface area contributed by atoms with Gasteiger partial charge in [0.1, 0.15) is 5.52 Å². The second-order valence-corrected chi connectivity index (χ2v) is 9.50. The second-order valence-electron chi connectivity index (χ2n) is 7.84. The van der Waals surface area contributed by atoms with E-state index in [1.165, 1.54) is 25.7 Å². The average molecular weight is 442 g/mol. The quantitative estimate of drug-likeness (QED) is 0.248. The molecule has 7 nitrogen and oxygen atoms in total. The summed E-state index contributed by atoms with van der Waals surface area (Å²) in [6.45, 7) is 4.52. The van der Waals surface area contributed by atoms with Crippen molar-refractivity contribution in [2.24, 2.45) is 5.10 Å². The molecule has 0 saturated carbocycles. The molecular weight excluding hydrogens is 410 g/mol. The first-order valence-corrected chi connectivity index (χ1v) is 12.4. The van der Waals surface area contributed by atoms with Crippen molar-refractivity contribution in [3.8, 4) is 0 Å².